The molecule has 1 rings (SSSR count). The molecular formula is C9H11NO3. The number of rotatable bonds is 4. The fourth-order valence-corrected chi connectivity index (χ4v) is 0.688. The topological polar surface area (TPSA) is 70.4 Å². The number of carboxylic acids is 1. The highest BCUT2D eigenvalue weighted by atomic mass is 16.4. The Morgan fingerprint density at radius 1 is 1.85 bits per heavy atom. The molecule has 4 heteroatoms. The van der Waals surface area contributed by atoms with Crippen LogP contribution in [0.2, 0.25) is 0 Å². The van der Waals surface area contributed by atoms with E-state index in [1.54, 1.807) is 0 Å². The van der Waals surface area contributed by atoms with Crippen molar-refractivity contribution in [1.29, 1.82) is 0 Å². The fourth-order valence-electron chi connectivity index (χ4n) is 0.688. The molecule has 4 nitrogen and oxygen atoms in total. The van der Waals surface area contributed by atoms with Crippen LogP contribution in [-0.4, -0.2) is 21.2 Å². The van der Waals surface area contributed by atoms with Crippen LogP contribution < -0.4 is 0 Å². The van der Waals surface area contributed by atoms with Gasteiger partial charge in [-0.25, -0.2) is 0 Å². The van der Waals surface area contributed by atoms with Crippen molar-refractivity contribution < 1.29 is 21.9 Å². The average Bonchev–Trinajstić information content (AvgIpc) is 2.29. The normalized spacial score (nSPS) is 22.7. The molecule has 0 spiro atoms. The Balaban J connectivity index is 3.31. The molecule has 13 heavy (non-hydrogen) atoms. The number of nitrogens with zero attached hydrogens (tertiary/aromatic N) is 1. The predicted octanol–water partition coefficient (Wildman–Crippen LogP) is 0.980. The van der Waals surface area contributed by atoms with Crippen LogP contribution in [0.1, 0.15) is 31.2 Å². The van der Waals surface area contributed by atoms with E-state index in [0.29, 0.717) is 0 Å². The molecule has 1 atom stereocenters. The molecule has 1 aromatic heterocycles. The zero-order valence-electron chi connectivity index (χ0n) is 11.6. The molecule has 0 bridgehead atoms. The molecule has 0 aliphatic heterocycles. The van der Waals surface area contributed by atoms with Gasteiger partial charge in [-0.2, -0.15) is 0 Å². The van der Waals surface area contributed by atoms with Crippen LogP contribution in [0.5, 0.6) is 0 Å². The molecule has 1 heterocycles. The summed E-state index contributed by atoms with van der Waals surface area (Å²) in [7, 11) is 0. The second kappa shape index (κ2) is 4.57. The van der Waals surface area contributed by atoms with E-state index in [0.717, 1.165) is 12.3 Å². The monoisotopic (exact) mass is 186 g/mol. The lowest BCUT2D eigenvalue weighted by atomic mass is 10.1. The van der Waals surface area contributed by atoms with E-state index in [9.17, 15) is 9.90 Å². The SMILES string of the molecule is [2H]C([2H])(C(=O)O)C([2H])([2H])C([2H])(O)c1cccnc1. The Labute approximate surface area is 82.9 Å². The molecule has 0 amide bonds. The molecule has 0 aliphatic rings. The molecule has 0 radical (unpaired) electrons. The summed E-state index contributed by atoms with van der Waals surface area (Å²) in [4.78, 5) is 14.3. The zero-order chi connectivity index (χ0) is 14.2. The summed E-state index contributed by atoms with van der Waals surface area (Å²) in [6.45, 7) is 0. The van der Waals surface area contributed by atoms with Gasteiger partial charge >= 0.3 is 5.97 Å². The van der Waals surface area contributed by atoms with Crippen molar-refractivity contribution in [2.24, 2.45) is 0 Å². The van der Waals surface area contributed by atoms with Gasteiger partial charge in [0.05, 0.1) is 7.45 Å². The third kappa shape index (κ3) is 3.21. The number of carboxylic acid groups (broad SMARTS) is 1. The Morgan fingerprint density at radius 2 is 2.62 bits per heavy atom. The van der Waals surface area contributed by atoms with Crippen molar-refractivity contribution >= 4 is 5.97 Å². The van der Waals surface area contributed by atoms with Crippen molar-refractivity contribution in [3.05, 3.63) is 30.1 Å². The summed E-state index contributed by atoms with van der Waals surface area (Å²) in [5.41, 5.74) is -0.333. The van der Waals surface area contributed by atoms with Crippen molar-refractivity contribution in [3.8, 4) is 0 Å². The summed E-state index contributed by atoms with van der Waals surface area (Å²) in [5, 5.41) is 18.5. The first-order valence-electron chi connectivity index (χ1n) is 5.91. The maximum atomic E-state index is 10.7. The standard InChI is InChI=1S/C9H11NO3/c11-8(3-4-9(12)13)7-2-1-5-10-6-7/h1-2,5-6,8,11H,3-4H2,(H,12,13)/i3D2,4D2,8D. The summed E-state index contributed by atoms with van der Waals surface area (Å²) in [6.07, 6.45) is -7.58. The van der Waals surface area contributed by atoms with Gasteiger partial charge in [-0.15, -0.1) is 0 Å². The number of aromatic nitrogens is 1. The molecule has 1 unspecified atom stereocenters. The van der Waals surface area contributed by atoms with Gasteiger partial charge in [-0.1, -0.05) is 6.07 Å². The predicted molar refractivity (Wildman–Crippen MR) is 46.1 cm³/mol. The number of hydrogen-bond acceptors (Lipinski definition) is 3. The van der Waals surface area contributed by atoms with E-state index in [2.05, 4.69) is 4.98 Å². The van der Waals surface area contributed by atoms with Gasteiger partial charge in [0, 0.05) is 24.2 Å². The molecule has 0 fully saturated rings. The second-order valence-corrected chi connectivity index (χ2v) is 2.15. The number of aliphatic hydroxyl groups is 1. The van der Waals surface area contributed by atoms with Crippen molar-refractivity contribution in [2.45, 2.75) is 18.8 Å². The Morgan fingerprint density at radius 3 is 3.15 bits per heavy atom. The van der Waals surface area contributed by atoms with E-state index < -0.39 is 24.8 Å². The van der Waals surface area contributed by atoms with E-state index >= 15 is 0 Å². The van der Waals surface area contributed by atoms with E-state index in [4.69, 9.17) is 12.0 Å². The van der Waals surface area contributed by atoms with Gasteiger partial charge in [-0.3, -0.25) is 9.78 Å². The molecule has 0 saturated heterocycles. The molecule has 0 aromatic carbocycles. The minimum absolute atomic E-state index is 0.333. The maximum Gasteiger partial charge on any atom is 0.303 e. The molecule has 1 aromatic rings. The van der Waals surface area contributed by atoms with Crippen molar-refractivity contribution in [3.63, 3.8) is 0 Å². The second-order valence-electron chi connectivity index (χ2n) is 2.15. The Kier molecular flexibility index (Phi) is 1.66. The fraction of sp³-hybridized carbons (Fsp3) is 0.333. The lowest BCUT2D eigenvalue weighted by molar-refractivity contribution is -0.137. The highest BCUT2D eigenvalue weighted by Gasteiger charge is 2.08. The van der Waals surface area contributed by atoms with Crippen LogP contribution in [0.4, 0.5) is 0 Å². The first-order valence-corrected chi connectivity index (χ1v) is 3.41. The summed E-state index contributed by atoms with van der Waals surface area (Å²) in [6, 6.07) is 2.48. The molecule has 2 N–H and O–H groups in total. The highest BCUT2D eigenvalue weighted by Crippen LogP contribution is 2.16. The van der Waals surface area contributed by atoms with Gasteiger partial charge in [-0.05, 0) is 18.0 Å². The van der Waals surface area contributed by atoms with Gasteiger partial charge in [0.1, 0.15) is 0 Å². The van der Waals surface area contributed by atoms with Gasteiger partial charge < -0.3 is 10.2 Å². The molecular weight excluding hydrogens is 170 g/mol. The van der Waals surface area contributed by atoms with Crippen LogP contribution in [-0.2, 0) is 4.79 Å². The third-order valence-corrected chi connectivity index (χ3v) is 1.22. The minimum atomic E-state index is -3.43. The van der Waals surface area contributed by atoms with Gasteiger partial charge in [0.15, 0.2) is 0 Å². The Hall–Kier alpha value is -1.42. The lowest BCUT2D eigenvalue weighted by Gasteiger charge is -2.07. The van der Waals surface area contributed by atoms with Gasteiger partial charge in [0.2, 0.25) is 0 Å². The van der Waals surface area contributed by atoms with Crippen LogP contribution >= 0.6 is 0 Å². The van der Waals surface area contributed by atoms with Gasteiger partial charge in [0.25, 0.3) is 0 Å². The van der Waals surface area contributed by atoms with Crippen LogP contribution in [0.3, 0.4) is 0 Å². The number of pyridine rings is 1. The lowest BCUT2D eigenvalue weighted by Crippen LogP contribution is -2.02. The number of hydrogen-bond donors (Lipinski definition) is 2. The summed E-state index contributed by atoms with van der Waals surface area (Å²) >= 11 is 0. The van der Waals surface area contributed by atoms with Crippen molar-refractivity contribution in [2.75, 3.05) is 0 Å². The van der Waals surface area contributed by atoms with Crippen LogP contribution in [0.15, 0.2) is 24.5 Å². The Bertz CT molecular complexity index is 449. The average molecular weight is 186 g/mol. The van der Waals surface area contributed by atoms with E-state index in [1.807, 2.05) is 0 Å². The van der Waals surface area contributed by atoms with Crippen LogP contribution in [0.25, 0.3) is 0 Å². The quantitative estimate of drug-likeness (QED) is 0.735. The largest absolute Gasteiger partial charge is 0.481 e. The summed E-state index contributed by atoms with van der Waals surface area (Å²) in [5.74, 6) is -2.10. The van der Waals surface area contributed by atoms with E-state index in [-0.39, 0.29) is 5.56 Å². The smallest absolute Gasteiger partial charge is 0.303 e. The maximum absolute atomic E-state index is 10.7. The zero-order valence-corrected chi connectivity index (χ0v) is 6.56. The first kappa shape index (κ1) is 4.72. The summed E-state index contributed by atoms with van der Waals surface area (Å²) < 4.78 is 36.8. The van der Waals surface area contributed by atoms with E-state index in [1.165, 1.54) is 12.3 Å². The number of aliphatic carboxylic acids is 1. The molecule has 70 valence electrons. The molecule has 0 aliphatic carbocycles. The van der Waals surface area contributed by atoms with Crippen molar-refractivity contribution in [1.82, 2.24) is 4.98 Å². The first-order chi connectivity index (χ1) is 8.05. The molecule has 0 saturated carbocycles. The van der Waals surface area contributed by atoms with Crippen LogP contribution in [0, 0.1) is 0 Å². The number of carbonyl (C=O) groups is 1. The third-order valence-electron chi connectivity index (χ3n) is 1.22. The highest BCUT2D eigenvalue weighted by molar-refractivity contribution is 5.66. The minimum Gasteiger partial charge on any atom is -0.481 e.